The largest absolute Gasteiger partial charge is 0.496 e. The third kappa shape index (κ3) is 2.43. The molecule has 2 aromatic heterocycles. The molecule has 0 unspecified atom stereocenters. The van der Waals surface area contributed by atoms with Crippen LogP contribution in [0.3, 0.4) is 0 Å². The summed E-state index contributed by atoms with van der Waals surface area (Å²) in [6.45, 7) is 0. The monoisotopic (exact) mass is 341 g/mol. The van der Waals surface area contributed by atoms with Crippen LogP contribution in [0.1, 0.15) is 10.4 Å². The van der Waals surface area contributed by atoms with E-state index in [1.165, 1.54) is 11.3 Å². The van der Waals surface area contributed by atoms with Crippen LogP contribution in [0.4, 0.5) is 5.13 Å². The average Bonchev–Trinajstić information content (AvgIpc) is 3.19. The fourth-order valence-electron chi connectivity index (χ4n) is 2.36. The van der Waals surface area contributed by atoms with E-state index in [9.17, 15) is 4.79 Å². The molecular weight excluding hydrogens is 330 g/mol. The van der Waals surface area contributed by atoms with E-state index in [2.05, 4.69) is 15.3 Å². The Labute approximate surface area is 139 Å². The number of fused-ring (bicyclic) bond motifs is 3. The Morgan fingerprint density at radius 2 is 1.96 bits per heavy atom. The maximum absolute atomic E-state index is 12.5. The molecule has 0 atom stereocenters. The lowest BCUT2D eigenvalue weighted by Gasteiger charge is -2.06. The molecule has 0 saturated carbocycles. The molecule has 23 heavy (non-hydrogen) atoms. The van der Waals surface area contributed by atoms with Crippen LogP contribution in [0, 0.1) is 0 Å². The zero-order valence-corrected chi connectivity index (χ0v) is 13.7. The van der Waals surface area contributed by atoms with Crippen molar-refractivity contribution in [1.29, 1.82) is 0 Å². The van der Waals surface area contributed by atoms with Crippen LogP contribution >= 0.6 is 22.7 Å². The molecule has 0 bridgehead atoms. The molecule has 1 amide bonds. The Morgan fingerprint density at radius 3 is 2.83 bits per heavy atom. The van der Waals surface area contributed by atoms with E-state index in [0.29, 0.717) is 16.4 Å². The third-order valence-corrected chi connectivity index (χ3v) is 5.42. The maximum Gasteiger partial charge on any atom is 0.261 e. The number of carbonyl (C=O) groups excluding carboxylic acids is 1. The first kappa shape index (κ1) is 14.1. The molecule has 0 spiro atoms. The third-order valence-electron chi connectivity index (χ3n) is 3.43. The highest BCUT2D eigenvalue weighted by molar-refractivity contribution is 7.28. The van der Waals surface area contributed by atoms with Crippen molar-refractivity contribution in [2.75, 3.05) is 12.4 Å². The van der Waals surface area contributed by atoms with Crippen molar-refractivity contribution < 1.29 is 9.53 Å². The van der Waals surface area contributed by atoms with Gasteiger partial charge >= 0.3 is 0 Å². The van der Waals surface area contributed by atoms with Crippen molar-refractivity contribution in [1.82, 2.24) is 9.97 Å². The van der Waals surface area contributed by atoms with Crippen LogP contribution in [0.15, 0.2) is 41.9 Å². The fraction of sp³-hybridized carbons (Fsp3) is 0.0625. The molecule has 0 fully saturated rings. The summed E-state index contributed by atoms with van der Waals surface area (Å²) in [6.07, 6.45) is 0. The zero-order valence-electron chi connectivity index (χ0n) is 12.1. The summed E-state index contributed by atoms with van der Waals surface area (Å²) in [5, 5.41) is 3.42. The minimum absolute atomic E-state index is 0.234. The summed E-state index contributed by atoms with van der Waals surface area (Å²) in [6, 6.07) is 11.0. The van der Waals surface area contributed by atoms with Gasteiger partial charge in [-0.1, -0.05) is 23.5 Å². The van der Waals surface area contributed by atoms with Gasteiger partial charge in [-0.05, 0) is 24.3 Å². The first-order chi connectivity index (χ1) is 11.3. The number of hydrogen-bond donors (Lipinski definition) is 1. The number of rotatable bonds is 3. The summed E-state index contributed by atoms with van der Waals surface area (Å²) in [7, 11) is 1.55. The Hall–Kier alpha value is -2.51. The normalized spacial score (nSPS) is 11.0. The quantitative estimate of drug-likeness (QED) is 0.607. The molecule has 1 N–H and O–H groups in total. The number of aromatic nitrogens is 2. The number of para-hydroxylation sites is 1. The lowest BCUT2D eigenvalue weighted by molar-refractivity contribution is 0.102. The summed E-state index contributed by atoms with van der Waals surface area (Å²) in [5.74, 6) is 0.304. The topological polar surface area (TPSA) is 64.1 Å². The van der Waals surface area contributed by atoms with E-state index >= 15 is 0 Å². The smallest absolute Gasteiger partial charge is 0.261 e. The second kappa shape index (κ2) is 5.60. The van der Waals surface area contributed by atoms with Crippen LogP contribution in [-0.2, 0) is 0 Å². The van der Waals surface area contributed by atoms with E-state index in [4.69, 9.17) is 4.74 Å². The number of nitrogens with zero attached hydrogens (tertiary/aromatic N) is 2. The predicted octanol–water partition coefficient (Wildman–Crippen LogP) is 4.17. The number of hydrogen-bond acceptors (Lipinski definition) is 6. The maximum atomic E-state index is 12.5. The van der Waals surface area contributed by atoms with Gasteiger partial charge in [-0.25, -0.2) is 9.97 Å². The van der Waals surface area contributed by atoms with E-state index < -0.39 is 0 Å². The number of methoxy groups -OCH3 is 1. The Morgan fingerprint density at radius 1 is 1.13 bits per heavy atom. The van der Waals surface area contributed by atoms with Crippen molar-refractivity contribution in [2.24, 2.45) is 0 Å². The average molecular weight is 341 g/mol. The van der Waals surface area contributed by atoms with Gasteiger partial charge in [-0.15, -0.1) is 11.3 Å². The Bertz CT molecular complexity index is 1020. The van der Waals surface area contributed by atoms with Gasteiger partial charge in [-0.2, -0.15) is 0 Å². The highest BCUT2D eigenvalue weighted by Crippen LogP contribution is 2.34. The van der Waals surface area contributed by atoms with E-state index in [1.54, 1.807) is 36.6 Å². The van der Waals surface area contributed by atoms with Crippen LogP contribution in [0.2, 0.25) is 0 Å². The molecule has 0 radical (unpaired) electrons. The molecule has 4 aromatic rings. The van der Waals surface area contributed by atoms with Crippen molar-refractivity contribution in [2.45, 2.75) is 0 Å². The molecule has 5 nitrogen and oxygen atoms in total. The molecule has 0 aliphatic carbocycles. The van der Waals surface area contributed by atoms with Gasteiger partial charge in [-0.3, -0.25) is 10.1 Å². The molecule has 0 aliphatic rings. The van der Waals surface area contributed by atoms with Gasteiger partial charge in [0.2, 0.25) is 0 Å². The van der Waals surface area contributed by atoms with Gasteiger partial charge < -0.3 is 4.74 Å². The lowest BCUT2D eigenvalue weighted by atomic mass is 10.2. The summed E-state index contributed by atoms with van der Waals surface area (Å²) in [5.41, 5.74) is 4.12. The lowest BCUT2D eigenvalue weighted by Crippen LogP contribution is -2.12. The Balaban J connectivity index is 1.71. The second-order valence-corrected chi connectivity index (χ2v) is 6.64. The number of anilines is 1. The first-order valence-corrected chi connectivity index (χ1v) is 8.53. The SMILES string of the molecule is COc1ccccc1C(=O)Nc1nc2ccc3ncsc3c2s1. The van der Waals surface area contributed by atoms with Gasteiger partial charge in [0.1, 0.15) is 5.75 Å². The number of ether oxygens (including phenoxy) is 1. The van der Waals surface area contributed by atoms with Crippen molar-refractivity contribution in [3.05, 3.63) is 47.5 Å². The summed E-state index contributed by atoms with van der Waals surface area (Å²) in [4.78, 5) is 21.2. The number of nitrogens with one attached hydrogen (secondary N) is 1. The molecule has 0 saturated heterocycles. The molecule has 2 aromatic carbocycles. The molecule has 7 heteroatoms. The predicted molar refractivity (Wildman–Crippen MR) is 93.7 cm³/mol. The number of benzene rings is 2. The van der Waals surface area contributed by atoms with E-state index in [0.717, 1.165) is 20.4 Å². The zero-order chi connectivity index (χ0) is 15.8. The highest BCUT2D eigenvalue weighted by Gasteiger charge is 2.15. The van der Waals surface area contributed by atoms with E-state index in [-0.39, 0.29) is 5.91 Å². The van der Waals surface area contributed by atoms with Gasteiger partial charge in [0.15, 0.2) is 5.13 Å². The van der Waals surface area contributed by atoms with Crippen LogP contribution in [0.5, 0.6) is 5.75 Å². The fourth-order valence-corrected chi connectivity index (χ4v) is 4.25. The second-order valence-electron chi connectivity index (χ2n) is 4.79. The van der Waals surface area contributed by atoms with Crippen molar-refractivity contribution in [3.8, 4) is 5.75 Å². The van der Waals surface area contributed by atoms with Crippen LogP contribution in [0.25, 0.3) is 20.4 Å². The first-order valence-electron chi connectivity index (χ1n) is 6.83. The number of thiazole rings is 2. The standard InChI is InChI=1S/C16H11N3O2S2/c1-21-12-5-3-2-4-9(12)15(20)19-16-18-11-7-6-10-13(14(11)23-16)22-8-17-10/h2-8H,1H3,(H,18,19,20). The van der Waals surface area contributed by atoms with Gasteiger partial charge in [0.25, 0.3) is 5.91 Å². The number of carbonyl (C=O) groups is 1. The van der Waals surface area contributed by atoms with Gasteiger partial charge in [0, 0.05) is 0 Å². The molecule has 114 valence electrons. The van der Waals surface area contributed by atoms with E-state index in [1.807, 2.05) is 23.7 Å². The summed E-state index contributed by atoms with van der Waals surface area (Å²) >= 11 is 3.03. The molecule has 2 heterocycles. The van der Waals surface area contributed by atoms with Crippen molar-refractivity contribution >= 4 is 54.1 Å². The minimum atomic E-state index is -0.234. The van der Waals surface area contributed by atoms with Crippen LogP contribution < -0.4 is 10.1 Å². The molecule has 0 aliphatic heterocycles. The minimum Gasteiger partial charge on any atom is -0.496 e. The van der Waals surface area contributed by atoms with Crippen molar-refractivity contribution in [3.63, 3.8) is 0 Å². The van der Waals surface area contributed by atoms with Crippen LogP contribution in [-0.4, -0.2) is 23.0 Å². The summed E-state index contributed by atoms with van der Waals surface area (Å²) < 4.78 is 7.36. The highest BCUT2D eigenvalue weighted by atomic mass is 32.1. The molecular formula is C16H11N3O2S2. The Kier molecular flexibility index (Phi) is 3.44. The number of amides is 1. The van der Waals surface area contributed by atoms with Gasteiger partial charge in [0.05, 0.1) is 38.6 Å². The molecule has 4 rings (SSSR count).